The third-order valence-electron chi connectivity index (χ3n) is 5.39. The first kappa shape index (κ1) is 24.7. The summed E-state index contributed by atoms with van der Waals surface area (Å²) in [6, 6.07) is 18.2. The molecule has 0 radical (unpaired) electrons. The number of sulfonamides is 1. The summed E-state index contributed by atoms with van der Waals surface area (Å²) in [5, 5.41) is 3.10. The zero-order valence-electron chi connectivity index (χ0n) is 19.2. The Morgan fingerprint density at radius 1 is 1.11 bits per heavy atom. The number of carbonyl (C=O) groups excluding carboxylic acids is 1. The van der Waals surface area contributed by atoms with Crippen LogP contribution in [-0.2, 0) is 14.8 Å². The monoisotopic (exact) mass is 516 g/mol. The first-order valence-electron chi connectivity index (χ1n) is 10.9. The lowest BCUT2D eigenvalue weighted by atomic mass is 10.2. The lowest BCUT2D eigenvalue weighted by Crippen LogP contribution is -2.51. The Hall–Kier alpha value is -3.43. The van der Waals surface area contributed by atoms with Crippen molar-refractivity contribution >= 4 is 33.2 Å². The highest BCUT2D eigenvalue weighted by Crippen LogP contribution is 2.39. The fourth-order valence-electron chi connectivity index (χ4n) is 3.63. The Balaban J connectivity index is 1.49. The quantitative estimate of drug-likeness (QED) is 0.458. The average molecular weight is 517 g/mol. The van der Waals surface area contributed by atoms with Crippen LogP contribution in [0.1, 0.15) is 5.56 Å². The zero-order valence-corrected chi connectivity index (χ0v) is 20.8. The fourth-order valence-corrected chi connectivity index (χ4v) is 5.26. The Labute approximate surface area is 209 Å². The van der Waals surface area contributed by atoms with Gasteiger partial charge in [0.25, 0.3) is 15.9 Å². The van der Waals surface area contributed by atoms with E-state index in [-0.39, 0.29) is 36.0 Å². The standard InChI is InChI=1S/C25H25ClN2O6S/c1-17-4-3-5-20(14-17)33-13-12-27-25(29)24-16-28(22-15-18(26)6-11-23(22)34-24)35(30,31)21-9-7-19(32-2)8-10-21/h3-11,14-15,24H,12-13,16H2,1-2H3,(H,27,29)/t24-/m0/s1. The van der Waals surface area contributed by atoms with Crippen molar-refractivity contribution in [3.63, 3.8) is 0 Å². The van der Waals surface area contributed by atoms with Gasteiger partial charge in [-0.2, -0.15) is 0 Å². The molecule has 0 saturated heterocycles. The number of carbonyl (C=O) groups is 1. The maximum Gasteiger partial charge on any atom is 0.264 e. The minimum absolute atomic E-state index is 0.0526. The average Bonchev–Trinajstić information content (AvgIpc) is 2.86. The molecule has 1 N–H and O–H groups in total. The summed E-state index contributed by atoms with van der Waals surface area (Å²) in [4.78, 5) is 12.9. The Kier molecular flexibility index (Phi) is 7.37. The summed E-state index contributed by atoms with van der Waals surface area (Å²) >= 11 is 6.13. The molecule has 3 aromatic carbocycles. The van der Waals surface area contributed by atoms with Gasteiger partial charge in [0.2, 0.25) is 0 Å². The molecule has 1 heterocycles. The Bertz CT molecular complexity index is 1310. The van der Waals surface area contributed by atoms with Crippen LogP contribution in [0.25, 0.3) is 0 Å². The molecule has 1 aliphatic heterocycles. The van der Waals surface area contributed by atoms with E-state index in [1.165, 1.54) is 25.3 Å². The molecule has 3 aromatic rings. The van der Waals surface area contributed by atoms with Gasteiger partial charge >= 0.3 is 0 Å². The van der Waals surface area contributed by atoms with Crippen molar-refractivity contribution in [2.24, 2.45) is 0 Å². The van der Waals surface area contributed by atoms with E-state index in [1.807, 2.05) is 31.2 Å². The van der Waals surface area contributed by atoms with Crippen molar-refractivity contribution in [1.82, 2.24) is 5.32 Å². The van der Waals surface area contributed by atoms with Crippen molar-refractivity contribution in [3.8, 4) is 17.2 Å². The van der Waals surface area contributed by atoms with Crippen LogP contribution in [0.5, 0.6) is 17.2 Å². The van der Waals surface area contributed by atoms with Crippen molar-refractivity contribution in [2.45, 2.75) is 17.9 Å². The van der Waals surface area contributed by atoms with Crippen molar-refractivity contribution in [2.75, 3.05) is 31.1 Å². The van der Waals surface area contributed by atoms with Crippen LogP contribution >= 0.6 is 11.6 Å². The molecule has 0 unspecified atom stereocenters. The number of anilines is 1. The summed E-state index contributed by atoms with van der Waals surface area (Å²) in [7, 11) is -2.52. The second-order valence-electron chi connectivity index (χ2n) is 7.89. The number of nitrogens with zero attached hydrogens (tertiary/aromatic N) is 1. The topological polar surface area (TPSA) is 94.2 Å². The molecule has 0 bridgehead atoms. The molecule has 0 saturated carbocycles. The van der Waals surface area contributed by atoms with E-state index < -0.39 is 22.0 Å². The summed E-state index contributed by atoms with van der Waals surface area (Å²) < 4.78 is 44.8. The number of rotatable bonds is 8. The number of fused-ring (bicyclic) bond motifs is 1. The predicted molar refractivity (Wildman–Crippen MR) is 133 cm³/mol. The molecule has 0 aromatic heterocycles. The van der Waals surface area contributed by atoms with Gasteiger partial charge in [0.15, 0.2) is 6.10 Å². The van der Waals surface area contributed by atoms with Gasteiger partial charge in [-0.3, -0.25) is 9.10 Å². The summed E-state index contributed by atoms with van der Waals surface area (Å²) in [6.07, 6.45) is -1.06. The SMILES string of the molecule is COc1ccc(S(=O)(=O)N2C[C@@H](C(=O)NCCOc3cccc(C)c3)Oc3ccc(Cl)cc32)cc1. The van der Waals surface area contributed by atoms with E-state index in [1.54, 1.807) is 24.3 Å². The molecule has 1 amide bonds. The van der Waals surface area contributed by atoms with E-state index in [2.05, 4.69) is 5.32 Å². The maximum atomic E-state index is 13.5. The minimum atomic E-state index is -4.01. The van der Waals surface area contributed by atoms with Gasteiger partial charge < -0.3 is 19.5 Å². The molecule has 184 valence electrons. The molecular weight excluding hydrogens is 492 g/mol. The second-order valence-corrected chi connectivity index (χ2v) is 10.2. The number of ether oxygens (including phenoxy) is 3. The highest BCUT2D eigenvalue weighted by Gasteiger charge is 2.37. The Morgan fingerprint density at radius 2 is 1.89 bits per heavy atom. The molecule has 35 heavy (non-hydrogen) atoms. The van der Waals surface area contributed by atoms with Crippen LogP contribution in [0.4, 0.5) is 5.69 Å². The van der Waals surface area contributed by atoms with E-state index in [9.17, 15) is 13.2 Å². The van der Waals surface area contributed by atoms with Crippen molar-refractivity contribution < 1.29 is 27.4 Å². The van der Waals surface area contributed by atoms with Crippen molar-refractivity contribution in [3.05, 3.63) is 77.3 Å². The van der Waals surface area contributed by atoms with Gasteiger partial charge in [0.05, 0.1) is 30.8 Å². The van der Waals surface area contributed by atoms with Gasteiger partial charge in [-0.05, 0) is 67.1 Å². The molecule has 4 rings (SSSR count). The van der Waals surface area contributed by atoms with Crippen LogP contribution in [0.15, 0.2) is 71.6 Å². The van der Waals surface area contributed by atoms with Crippen LogP contribution in [0, 0.1) is 6.92 Å². The van der Waals surface area contributed by atoms with Gasteiger partial charge in [-0.15, -0.1) is 0 Å². The third kappa shape index (κ3) is 5.63. The van der Waals surface area contributed by atoms with E-state index in [0.29, 0.717) is 16.5 Å². The number of aryl methyl sites for hydroxylation is 1. The number of benzene rings is 3. The molecule has 1 atom stereocenters. The summed E-state index contributed by atoms with van der Waals surface area (Å²) in [6.45, 7) is 2.23. The smallest absolute Gasteiger partial charge is 0.264 e. The summed E-state index contributed by atoms with van der Waals surface area (Å²) in [5.74, 6) is 1.03. The molecule has 10 heteroatoms. The third-order valence-corrected chi connectivity index (χ3v) is 7.42. The fraction of sp³-hybridized carbons (Fsp3) is 0.240. The van der Waals surface area contributed by atoms with Gasteiger partial charge in [-0.1, -0.05) is 23.7 Å². The number of nitrogens with one attached hydrogen (secondary N) is 1. The number of halogens is 1. The van der Waals surface area contributed by atoms with Gasteiger partial charge in [-0.25, -0.2) is 8.42 Å². The van der Waals surface area contributed by atoms with E-state index in [0.717, 1.165) is 9.87 Å². The van der Waals surface area contributed by atoms with Crippen LogP contribution in [-0.4, -0.2) is 47.2 Å². The summed E-state index contributed by atoms with van der Waals surface area (Å²) in [5.41, 5.74) is 1.33. The molecule has 8 nitrogen and oxygen atoms in total. The lowest BCUT2D eigenvalue weighted by molar-refractivity contribution is -0.127. The van der Waals surface area contributed by atoms with Crippen LogP contribution in [0.2, 0.25) is 5.02 Å². The van der Waals surface area contributed by atoms with Gasteiger partial charge in [0, 0.05) is 5.02 Å². The predicted octanol–water partition coefficient (Wildman–Crippen LogP) is 3.81. The largest absolute Gasteiger partial charge is 0.497 e. The highest BCUT2D eigenvalue weighted by molar-refractivity contribution is 7.92. The highest BCUT2D eigenvalue weighted by atomic mass is 35.5. The first-order valence-corrected chi connectivity index (χ1v) is 12.7. The number of hydrogen-bond acceptors (Lipinski definition) is 6. The molecule has 0 fully saturated rings. The minimum Gasteiger partial charge on any atom is -0.497 e. The normalized spacial score (nSPS) is 15.1. The second kappa shape index (κ2) is 10.5. The molecule has 0 aliphatic carbocycles. The molecule has 1 aliphatic rings. The molecule has 0 spiro atoms. The van der Waals surface area contributed by atoms with Crippen LogP contribution in [0.3, 0.4) is 0 Å². The van der Waals surface area contributed by atoms with E-state index in [4.69, 9.17) is 25.8 Å². The van der Waals surface area contributed by atoms with Crippen LogP contribution < -0.4 is 23.8 Å². The number of methoxy groups -OCH3 is 1. The zero-order chi connectivity index (χ0) is 25.0. The maximum absolute atomic E-state index is 13.5. The van der Waals surface area contributed by atoms with E-state index >= 15 is 0 Å². The number of amides is 1. The number of hydrogen-bond donors (Lipinski definition) is 1. The lowest BCUT2D eigenvalue weighted by Gasteiger charge is -2.34. The van der Waals surface area contributed by atoms with Crippen molar-refractivity contribution in [1.29, 1.82) is 0 Å². The molecular formula is C25H25ClN2O6S. The van der Waals surface area contributed by atoms with Gasteiger partial charge in [0.1, 0.15) is 23.9 Å². The Morgan fingerprint density at radius 3 is 2.60 bits per heavy atom. The first-order chi connectivity index (χ1) is 16.8.